The maximum atomic E-state index is 11.0. The van der Waals surface area contributed by atoms with E-state index in [0.717, 1.165) is 30.6 Å². The van der Waals surface area contributed by atoms with Crippen LogP contribution in [0.25, 0.3) is 0 Å². The van der Waals surface area contributed by atoms with E-state index in [0.29, 0.717) is 0 Å². The van der Waals surface area contributed by atoms with Crippen molar-refractivity contribution in [2.24, 2.45) is 5.92 Å². The summed E-state index contributed by atoms with van der Waals surface area (Å²) in [6.45, 7) is 1.49. The Bertz CT molecular complexity index is 478. The Morgan fingerprint density at radius 3 is 2.89 bits per heavy atom. The van der Waals surface area contributed by atoms with Gasteiger partial charge in [-0.2, -0.15) is 5.26 Å². The van der Waals surface area contributed by atoms with Gasteiger partial charge in [0.15, 0.2) is 0 Å². The Labute approximate surface area is 107 Å². The molecule has 18 heavy (non-hydrogen) atoms. The van der Waals surface area contributed by atoms with Gasteiger partial charge in [0.25, 0.3) is 0 Å². The van der Waals surface area contributed by atoms with Crippen LogP contribution in [0.4, 0.5) is 11.4 Å². The average Bonchev–Trinajstić information content (AvgIpc) is 2.76. The first kappa shape index (κ1) is 12.4. The summed E-state index contributed by atoms with van der Waals surface area (Å²) < 4.78 is 0. The summed E-state index contributed by atoms with van der Waals surface area (Å²) in [6, 6.07) is 10.2. The molecule has 1 saturated carbocycles. The van der Waals surface area contributed by atoms with Crippen molar-refractivity contribution in [2.45, 2.75) is 32.2 Å². The molecule has 0 radical (unpaired) electrons. The Morgan fingerprint density at radius 2 is 2.17 bits per heavy atom. The maximum absolute atomic E-state index is 11.0. The molecule has 0 spiro atoms. The van der Waals surface area contributed by atoms with Crippen LogP contribution in [0.1, 0.15) is 26.2 Å². The monoisotopic (exact) mass is 243 g/mol. The van der Waals surface area contributed by atoms with Gasteiger partial charge in [-0.1, -0.05) is 6.07 Å². The highest BCUT2D eigenvalue weighted by atomic mass is 16.1. The minimum absolute atomic E-state index is 0.0806. The van der Waals surface area contributed by atoms with Gasteiger partial charge in [0.2, 0.25) is 5.91 Å². The first-order valence-corrected chi connectivity index (χ1v) is 6.23. The van der Waals surface area contributed by atoms with Crippen LogP contribution >= 0.6 is 0 Å². The lowest BCUT2D eigenvalue weighted by atomic mass is 10.1. The SMILES string of the molecule is CC(=O)Nc1cccc(NC2CCCC2C#N)c1. The van der Waals surface area contributed by atoms with E-state index >= 15 is 0 Å². The summed E-state index contributed by atoms with van der Waals surface area (Å²) >= 11 is 0. The standard InChI is InChI=1S/C14H17N3O/c1-10(18)16-12-5-3-6-13(8-12)17-14-7-2-4-11(14)9-15/h3,5-6,8,11,14,17H,2,4,7H2,1H3,(H,16,18). The zero-order valence-corrected chi connectivity index (χ0v) is 10.4. The molecule has 0 aliphatic heterocycles. The van der Waals surface area contributed by atoms with E-state index in [-0.39, 0.29) is 17.9 Å². The van der Waals surface area contributed by atoms with Crippen molar-refractivity contribution >= 4 is 17.3 Å². The molecule has 2 unspecified atom stereocenters. The number of carbonyl (C=O) groups is 1. The highest BCUT2D eigenvalue weighted by molar-refractivity contribution is 5.89. The fourth-order valence-corrected chi connectivity index (χ4v) is 2.39. The summed E-state index contributed by atoms with van der Waals surface area (Å²) in [6.07, 6.45) is 3.10. The molecule has 1 aliphatic carbocycles. The van der Waals surface area contributed by atoms with Gasteiger partial charge in [-0.15, -0.1) is 0 Å². The van der Waals surface area contributed by atoms with E-state index in [1.807, 2.05) is 24.3 Å². The molecule has 1 aliphatic rings. The second-order valence-corrected chi connectivity index (χ2v) is 4.68. The van der Waals surface area contributed by atoms with Gasteiger partial charge in [0.05, 0.1) is 12.0 Å². The van der Waals surface area contributed by atoms with E-state index < -0.39 is 0 Å². The predicted octanol–water partition coefficient (Wildman–Crippen LogP) is 2.75. The van der Waals surface area contributed by atoms with E-state index in [4.69, 9.17) is 5.26 Å². The average molecular weight is 243 g/mol. The summed E-state index contributed by atoms with van der Waals surface area (Å²) in [5.74, 6) is 0.0114. The summed E-state index contributed by atoms with van der Waals surface area (Å²) in [7, 11) is 0. The minimum atomic E-state index is -0.0806. The number of carbonyl (C=O) groups excluding carboxylic acids is 1. The van der Waals surface area contributed by atoms with Crippen molar-refractivity contribution < 1.29 is 4.79 Å². The van der Waals surface area contributed by atoms with E-state index in [9.17, 15) is 4.79 Å². The van der Waals surface area contributed by atoms with E-state index in [1.165, 1.54) is 6.92 Å². The molecule has 2 rings (SSSR count). The molecule has 0 heterocycles. The number of nitriles is 1. The van der Waals surface area contributed by atoms with Gasteiger partial charge in [-0.05, 0) is 37.5 Å². The Morgan fingerprint density at radius 1 is 1.39 bits per heavy atom. The van der Waals surface area contributed by atoms with Crippen molar-refractivity contribution in [3.05, 3.63) is 24.3 Å². The van der Waals surface area contributed by atoms with E-state index in [1.54, 1.807) is 0 Å². The third-order valence-corrected chi connectivity index (χ3v) is 3.22. The Balaban J connectivity index is 2.05. The molecule has 1 amide bonds. The number of benzene rings is 1. The van der Waals surface area contributed by atoms with Gasteiger partial charge in [-0.25, -0.2) is 0 Å². The summed E-state index contributed by atoms with van der Waals surface area (Å²) in [5.41, 5.74) is 1.73. The molecule has 0 aromatic heterocycles. The number of hydrogen-bond donors (Lipinski definition) is 2. The lowest BCUT2D eigenvalue weighted by Crippen LogP contribution is -2.22. The molecule has 1 fully saturated rings. The lowest BCUT2D eigenvalue weighted by Gasteiger charge is -2.17. The maximum Gasteiger partial charge on any atom is 0.221 e. The number of amides is 1. The number of nitrogens with one attached hydrogen (secondary N) is 2. The molecular weight excluding hydrogens is 226 g/mol. The molecular formula is C14H17N3O. The van der Waals surface area contributed by atoms with Crippen LogP contribution in [-0.4, -0.2) is 11.9 Å². The van der Waals surface area contributed by atoms with Crippen LogP contribution < -0.4 is 10.6 Å². The number of anilines is 2. The second-order valence-electron chi connectivity index (χ2n) is 4.68. The Hall–Kier alpha value is -2.02. The lowest BCUT2D eigenvalue weighted by molar-refractivity contribution is -0.114. The van der Waals surface area contributed by atoms with Gasteiger partial charge in [-0.3, -0.25) is 4.79 Å². The largest absolute Gasteiger partial charge is 0.381 e. The second kappa shape index (κ2) is 5.54. The van der Waals surface area contributed by atoms with Crippen molar-refractivity contribution in [3.63, 3.8) is 0 Å². The van der Waals surface area contributed by atoms with Crippen LogP contribution in [0.2, 0.25) is 0 Å². The van der Waals surface area contributed by atoms with Crippen molar-refractivity contribution in [2.75, 3.05) is 10.6 Å². The molecule has 0 bridgehead atoms. The zero-order chi connectivity index (χ0) is 13.0. The first-order chi connectivity index (χ1) is 8.69. The van der Waals surface area contributed by atoms with Crippen LogP contribution in [0.3, 0.4) is 0 Å². The van der Waals surface area contributed by atoms with Crippen molar-refractivity contribution in [1.82, 2.24) is 0 Å². The smallest absolute Gasteiger partial charge is 0.221 e. The molecule has 1 aromatic carbocycles. The third-order valence-electron chi connectivity index (χ3n) is 3.22. The zero-order valence-electron chi connectivity index (χ0n) is 10.4. The summed E-state index contributed by atoms with van der Waals surface area (Å²) in [4.78, 5) is 11.0. The van der Waals surface area contributed by atoms with Gasteiger partial charge >= 0.3 is 0 Å². The highest BCUT2D eigenvalue weighted by Gasteiger charge is 2.26. The van der Waals surface area contributed by atoms with E-state index in [2.05, 4.69) is 16.7 Å². The van der Waals surface area contributed by atoms with Crippen LogP contribution in [-0.2, 0) is 4.79 Å². The minimum Gasteiger partial charge on any atom is -0.381 e. The predicted molar refractivity (Wildman–Crippen MR) is 71.1 cm³/mol. The fourth-order valence-electron chi connectivity index (χ4n) is 2.39. The molecule has 0 saturated heterocycles. The van der Waals surface area contributed by atoms with Crippen LogP contribution in [0, 0.1) is 17.2 Å². The van der Waals surface area contributed by atoms with Crippen LogP contribution in [0.5, 0.6) is 0 Å². The topological polar surface area (TPSA) is 64.9 Å². The number of rotatable bonds is 3. The fraction of sp³-hybridized carbons (Fsp3) is 0.429. The molecule has 94 valence electrons. The van der Waals surface area contributed by atoms with Crippen molar-refractivity contribution in [3.8, 4) is 6.07 Å². The number of hydrogen-bond acceptors (Lipinski definition) is 3. The van der Waals surface area contributed by atoms with Gasteiger partial charge in [0.1, 0.15) is 0 Å². The number of nitrogens with zero attached hydrogens (tertiary/aromatic N) is 1. The molecule has 2 atom stereocenters. The Kier molecular flexibility index (Phi) is 3.83. The highest BCUT2D eigenvalue weighted by Crippen LogP contribution is 2.28. The molecule has 2 N–H and O–H groups in total. The van der Waals surface area contributed by atoms with Crippen LogP contribution in [0.15, 0.2) is 24.3 Å². The van der Waals surface area contributed by atoms with Crippen molar-refractivity contribution in [1.29, 1.82) is 5.26 Å². The van der Waals surface area contributed by atoms with Gasteiger partial charge in [0, 0.05) is 24.3 Å². The molecule has 4 heteroatoms. The third kappa shape index (κ3) is 3.01. The molecule has 4 nitrogen and oxygen atoms in total. The molecule has 1 aromatic rings. The van der Waals surface area contributed by atoms with Gasteiger partial charge < -0.3 is 10.6 Å². The first-order valence-electron chi connectivity index (χ1n) is 6.23. The quantitative estimate of drug-likeness (QED) is 0.857. The summed E-state index contributed by atoms with van der Waals surface area (Å²) in [5, 5.41) is 15.2. The normalized spacial score (nSPS) is 22.2.